The van der Waals surface area contributed by atoms with Crippen molar-refractivity contribution in [3.05, 3.63) is 77.4 Å². The number of para-hydroxylation sites is 1. The number of amides is 1. The number of hydrogen-bond acceptors (Lipinski definition) is 5. The molecule has 1 atom stereocenters. The summed E-state index contributed by atoms with van der Waals surface area (Å²) in [5, 5.41) is 3.10. The van der Waals surface area contributed by atoms with Crippen LogP contribution in [0, 0.1) is 0 Å². The molecule has 4 rings (SSSR count). The second-order valence-electron chi connectivity index (χ2n) is 6.51. The van der Waals surface area contributed by atoms with Crippen molar-refractivity contribution in [2.24, 2.45) is 0 Å². The first kappa shape index (κ1) is 19.2. The molecule has 0 bridgehead atoms. The maximum atomic E-state index is 12.5. The summed E-state index contributed by atoms with van der Waals surface area (Å²) >= 11 is 6.23. The van der Waals surface area contributed by atoms with E-state index in [9.17, 15) is 4.79 Å². The van der Waals surface area contributed by atoms with Gasteiger partial charge in [0.05, 0.1) is 18.8 Å². The van der Waals surface area contributed by atoms with Crippen LogP contribution in [0.2, 0.25) is 5.02 Å². The Morgan fingerprint density at radius 2 is 1.86 bits per heavy atom. The van der Waals surface area contributed by atoms with E-state index < -0.39 is 0 Å². The van der Waals surface area contributed by atoms with Gasteiger partial charge in [-0.3, -0.25) is 4.79 Å². The Balaban J connectivity index is 1.37. The van der Waals surface area contributed by atoms with Gasteiger partial charge in [-0.2, -0.15) is 0 Å². The first-order valence-corrected chi connectivity index (χ1v) is 9.59. The monoisotopic (exact) mass is 410 g/mol. The summed E-state index contributed by atoms with van der Waals surface area (Å²) in [5.74, 6) is 1.42. The quantitative estimate of drug-likeness (QED) is 0.622. The van der Waals surface area contributed by atoms with Gasteiger partial charge in [0.1, 0.15) is 22.6 Å². The van der Waals surface area contributed by atoms with Gasteiger partial charge in [-0.1, -0.05) is 29.8 Å². The number of hydrogen-bond donors (Lipinski definition) is 1. The highest BCUT2D eigenvalue weighted by Crippen LogP contribution is 2.26. The molecule has 0 saturated carbocycles. The lowest BCUT2D eigenvalue weighted by Crippen LogP contribution is -2.17. The topological polar surface area (TPSA) is 69.7 Å². The lowest BCUT2D eigenvalue weighted by Gasteiger charge is -2.13. The summed E-state index contributed by atoms with van der Waals surface area (Å²) in [6.07, 6.45) is 2.18. The van der Waals surface area contributed by atoms with Crippen LogP contribution in [0.1, 0.15) is 16.8 Å². The molecule has 0 spiro atoms. The highest BCUT2D eigenvalue weighted by atomic mass is 35.5. The zero-order valence-corrected chi connectivity index (χ0v) is 16.3. The zero-order chi connectivity index (χ0) is 20.1. The van der Waals surface area contributed by atoms with E-state index in [-0.39, 0.29) is 17.0 Å². The molecule has 6 nitrogen and oxygen atoms in total. The van der Waals surface area contributed by atoms with Crippen LogP contribution in [-0.4, -0.2) is 30.2 Å². The van der Waals surface area contributed by atoms with E-state index >= 15 is 0 Å². The van der Waals surface area contributed by atoms with Gasteiger partial charge in [0.15, 0.2) is 0 Å². The van der Waals surface area contributed by atoms with Crippen molar-refractivity contribution in [1.82, 2.24) is 4.98 Å². The molecule has 3 aromatic rings. The standard InChI is InChI=1S/C22H19ClN2O4/c23-20-12-15(13-24-22(20)29-19-10-11-27-14-19)21(26)25-16-6-8-18(9-7-16)28-17-4-2-1-3-5-17/h1-9,12-13,19H,10-11,14H2,(H,25,26). The molecule has 1 aliphatic rings. The molecule has 0 aliphatic carbocycles. The summed E-state index contributed by atoms with van der Waals surface area (Å²) in [7, 11) is 0. The fourth-order valence-electron chi connectivity index (χ4n) is 2.83. The van der Waals surface area contributed by atoms with Crippen LogP contribution >= 0.6 is 11.6 Å². The van der Waals surface area contributed by atoms with E-state index in [2.05, 4.69) is 10.3 Å². The molecule has 148 valence electrons. The number of rotatable bonds is 6. The van der Waals surface area contributed by atoms with Crippen molar-refractivity contribution in [2.75, 3.05) is 18.5 Å². The number of carbonyl (C=O) groups excluding carboxylic acids is 1. The SMILES string of the molecule is O=C(Nc1ccc(Oc2ccccc2)cc1)c1cnc(OC2CCOC2)c(Cl)c1. The van der Waals surface area contributed by atoms with Crippen LogP contribution in [-0.2, 0) is 4.74 Å². The van der Waals surface area contributed by atoms with Gasteiger partial charge in [-0.25, -0.2) is 4.98 Å². The summed E-state index contributed by atoms with van der Waals surface area (Å²) in [5.41, 5.74) is 0.976. The normalized spacial score (nSPS) is 15.7. The maximum absolute atomic E-state index is 12.5. The van der Waals surface area contributed by atoms with Gasteiger partial charge < -0.3 is 19.5 Å². The molecule has 1 aromatic heterocycles. The van der Waals surface area contributed by atoms with Crippen LogP contribution in [0.15, 0.2) is 66.9 Å². The number of carbonyl (C=O) groups is 1. The number of halogens is 1. The van der Waals surface area contributed by atoms with Crippen LogP contribution in [0.3, 0.4) is 0 Å². The van der Waals surface area contributed by atoms with E-state index in [4.69, 9.17) is 25.8 Å². The Morgan fingerprint density at radius 3 is 2.55 bits per heavy atom. The van der Waals surface area contributed by atoms with E-state index in [0.717, 1.165) is 12.2 Å². The third kappa shape index (κ3) is 5.04. The molecular formula is C22H19ClN2O4. The fraction of sp³-hybridized carbons (Fsp3) is 0.182. The average molecular weight is 411 g/mol. The lowest BCUT2D eigenvalue weighted by atomic mass is 10.2. The third-order valence-electron chi connectivity index (χ3n) is 4.33. The van der Waals surface area contributed by atoms with E-state index in [1.54, 1.807) is 30.3 Å². The molecule has 2 heterocycles. The Bertz CT molecular complexity index is 974. The van der Waals surface area contributed by atoms with Crippen LogP contribution in [0.5, 0.6) is 17.4 Å². The average Bonchev–Trinajstić information content (AvgIpc) is 3.25. The number of nitrogens with one attached hydrogen (secondary N) is 1. The maximum Gasteiger partial charge on any atom is 0.257 e. The molecule has 1 saturated heterocycles. The predicted molar refractivity (Wildman–Crippen MR) is 110 cm³/mol. The van der Waals surface area contributed by atoms with Crippen LogP contribution in [0.25, 0.3) is 0 Å². The van der Waals surface area contributed by atoms with E-state index in [1.165, 1.54) is 6.20 Å². The summed E-state index contributed by atoms with van der Waals surface area (Å²) < 4.78 is 16.7. The highest BCUT2D eigenvalue weighted by Gasteiger charge is 2.20. The second-order valence-corrected chi connectivity index (χ2v) is 6.92. The van der Waals surface area contributed by atoms with Gasteiger partial charge in [-0.05, 0) is 42.5 Å². The minimum atomic E-state index is -0.313. The molecule has 1 aliphatic heterocycles. The molecule has 29 heavy (non-hydrogen) atoms. The van der Waals surface area contributed by atoms with Crippen molar-refractivity contribution in [3.8, 4) is 17.4 Å². The van der Waals surface area contributed by atoms with Gasteiger partial charge in [0, 0.05) is 18.3 Å². The Labute approximate surface area is 173 Å². The third-order valence-corrected chi connectivity index (χ3v) is 4.60. The predicted octanol–water partition coefficient (Wildman–Crippen LogP) is 4.95. The number of ether oxygens (including phenoxy) is 3. The summed E-state index contributed by atoms with van der Waals surface area (Å²) in [6.45, 7) is 1.18. The molecule has 1 fully saturated rings. The van der Waals surface area contributed by atoms with Crippen molar-refractivity contribution in [3.63, 3.8) is 0 Å². The molecule has 7 heteroatoms. The molecule has 0 radical (unpaired) electrons. The smallest absolute Gasteiger partial charge is 0.257 e. The fourth-order valence-corrected chi connectivity index (χ4v) is 3.05. The number of pyridine rings is 1. The molecule has 1 amide bonds. The number of nitrogens with zero attached hydrogens (tertiary/aromatic N) is 1. The van der Waals surface area contributed by atoms with E-state index in [0.29, 0.717) is 36.1 Å². The molecule has 1 N–H and O–H groups in total. The largest absolute Gasteiger partial charge is 0.471 e. The first-order chi connectivity index (χ1) is 14.2. The van der Waals surface area contributed by atoms with Crippen LogP contribution < -0.4 is 14.8 Å². The zero-order valence-electron chi connectivity index (χ0n) is 15.5. The van der Waals surface area contributed by atoms with E-state index in [1.807, 2.05) is 30.3 Å². The Hall–Kier alpha value is -3.09. The van der Waals surface area contributed by atoms with Crippen molar-refractivity contribution in [1.29, 1.82) is 0 Å². The molecule has 1 unspecified atom stereocenters. The summed E-state index contributed by atoms with van der Waals surface area (Å²) in [4.78, 5) is 16.7. The Kier molecular flexibility index (Phi) is 5.93. The highest BCUT2D eigenvalue weighted by molar-refractivity contribution is 6.32. The molecule has 2 aromatic carbocycles. The number of aromatic nitrogens is 1. The molecular weight excluding hydrogens is 392 g/mol. The first-order valence-electron chi connectivity index (χ1n) is 9.21. The van der Waals surface area contributed by atoms with Crippen molar-refractivity contribution in [2.45, 2.75) is 12.5 Å². The number of anilines is 1. The van der Waals surface area contributed by atoms with Gasteiger partial charge in [-0.15, -0.1) is 0 Å². The van der Waals surface area contributed by atoms with Crippen molar-refractivity contribution >= 4 is 23.2 Å². The van der Waals surface area contributed by atoms with Crippen molar-refractivity contribution < 1.29 is 19.0 Å². The van der Waals surface area contributed by atoms with Crippen LogP contribution in [0.4, 0.5) is 5.69 Å². The van der Waals surface area contributed by atoms with Gasteiger partial charge >= 0.3 is 0 Å². The number of benzene rings is 2. The lowest BCUT2D eigenvalue weighted by molar-refractivity contribution is 0.102. The Morgan fingerprint density at radius 1 is 1.10 bits per heavy atom. The van der Waals surface area contributed by atoms with Gasteiger partial charge in [0.2, 0.25) is 5.88 Å². The van der Waals surface area contributed by atoms with Gasteiger partial charge in [0.25, 0.3) is 5.91 Å². The minimum Gasteiger partial charge on any atom is -0.471 e. The second kappa shape index (κ2) is 8.94. The summed E-state index contributed by atoms with van der Waals surface area (Å²) in [6, 6.07) is 18.1. The minimum absolute atomic E-state index is 0.0590.